The van der Waals surface area contributed by atoms with Crippen molar-refractivity contribution in [3.63, 3.8) is 0 Å². The maximum atomic E-state index is 5.66. The Morgan fingerprint density at radius 3 is 1.50 bits per heavy atom. The Morgan fingerprint density at radius 2 is 0.903 bits per heavy atom. The molecular weight excluding hydrogens is 1390 g/mol. The van der Waals surface area contributed by atoms with Gasteiger partial charge in [-0.15, -0.1) is 0 Å². The molecule has 3 aromatic rings. The first-order chi connectivity index (χ1) is 55.0. The molecule has 14 nitrogen and oxygen atoms in total. The Labute approximate surface area is 697 Å². The number of fused-ring (bicyclic) bond motifs is 8. The van der Waals surface area contributed by atoms with E-state index in [0.717, 1.165) is 99.5 Å². The number of aromatic nitrogens is 4. The van der Waals surface area contributed by atoms with E-state index in [1.165, 1.54) is 384 Å². The minimum Gasteiger partial charge on any atom is -0.355 e. The second-order valence-electron chi connectivity index (χ2n) is 36.1. The average Bonchev–Trinajstić information content (AvgIpc) is 1.62. The molecule has 0 aliphatic carbocycles. The molecule has 4 N–H and O–H groups in total. The molecule has 0 spiro atoms. The number of unbranched alkanes of at least 4 members (excludes halogenated alkanes) is 21. The Bertz CT molecular complexity index is 3210. The van der Waals surface area contributed by atoms with E-state index in [9.17, 15) is 0 Å². The van der Waals surface area contributed by atoms with E-state index < -0.39 is 0 Å². The molecule has 0 aromatic carbocycles. The minimum atomic E-state index is 0.661. The molecule has 3 aromatic heterocycles. The average molecular weight is 1570 g/mol. The van der Waals surface area contributed by atoms with E-state index in [0.29, 0.717) is 12.1 Å². The summed E-state index contributed by atoms with van der Waals surface area (Å²) in [5.41, 5.74) is 19.7. The summed E-state index contributed by atoms with van der Waals surface area (Å²) in [5.74, 6) is 0. The second-order valence-corrected chi connectivity index (χ2v) is 36.1. The van der Waals surface area contributed by atoms with Crippen LogP contribution in [-0.4, -0.2) is 245 Å². The maximum absolute atomic E-state index is 5.66. The summed E-state index contributed by atoms with van der Waals surface area (Å²) in [6, 6.07) is 10.8. The van der Waals surface area contributed by atoms with Crippen molar-refractivity contribution in [1.29, 1.82) is 0 Å². The van der Waals surface area contributed by atoms with Gasteiger partial charge in [0.15, 0.2) is 0 Å². The van der Waals surface area contributed by atoms with Crippen molar-refractivity contribution in [3.05, 3.63) is 69.3 Å². The molecule has 1 saturated heterocycles. The fourth-order valence-corrected chi connectivity index (χ4v) is 18.6. The molecule has 1 fully saturated rings. The van der Waals surface area contributed by atoms with Gasteiger partial charge in [-0.2, -0.15) is 0 Å². The predicted octanol–water partition coefficient (Wildman–Crippen LogP) is 22.3. The van der Waals surface area contributed by atoms with Gasteiger partial charge in [-0.1, -0.05) is 176 Å². The Balaban J connectivity index is 1.14. The van der Waals surface area contributed by atoms with Crippen LogP contribution in [0.15, 0.2) is 24.3 Å². The first kappa shape index (κ1) is 98.0. The van der Waals surface area contributed by atoms with E-state index in [1.54, 1.807) is 0 Å². The third kappa shape index (κ3) is 38.0. The SMILES string of the molecule is CCCCCCCCCCCCCC(CCN(CCCNCCCC1=C(C)c2cc3[nH]c(cc4nc(cc5[nH]c(cc1n2)c(CCCNCCCN1CCCN(C)CCCCN(C)CCCN(C)C(CCCCCCCCCCCCC)CC1)c5C)C(CC)=C4C)c(CC)c3C)CCCN(C)CCCCN(C)C)N(C)CCC. The van der Waals surface area contributed by atoms with Gasteiger partial charge in [0.1, 0.15) is 0 Å². The van der Waals surface area contributed by atoms with E-state index >= 15 is 0 Å². The highest BCUT2D eigenvalue weighted by atomic mass is 15.2. The molecule has 6 heterocycles. The zero-order valence-corrected chi connectivity index (χ0v) is 77.1. The van der Waals surface area contributed by atoms with Crippen molar-refractivity contribution in [2.45, 2.75) is 344 Å². The Morgan fingerprint density at radius 1 is 0.416 bits per heavy atom. The van der Waals surface area contributed by atoms with Crippen molar-refractivity contribution < 1.29 is 0 Å². The molecule has 0 amide bonds. The molecule has 14 heteroatoms. The molecule has 0 radical (unpaired) electrons. The quantitative estimate of drug-likeness (QED) is 0.0404. The monoisotopic (exact) mass is 1570 g/mol. The van der Waals surface area contributed by atoms with Crippen LogP contribution in [0.4, 0.5) is 0 Å². The van der Waals surface area contributed by atoms with Crippen LogP contribution in [0.25, 0.3) is 44.4 Å². The lowest BCUT2D eigenvalue weighted by Gasteiger charge is -2.32. The zero-order chi connectivity index (χ0) is 81.2. The second kappa shape index (κ2) is 59.0. The third-order valence-corrected chi connectivity index (χ3v) is 26.2. The molecule has 2 unspecified atom stereocenters. The third-order valence-electron chi connectivity index (χ3n) is 26.2. The summed E-state index contributed by atoms with van der Waals surface area (Å²) in [6.45, 7) is 42.9. The van der Waals surface area contributed by atoms with E-state index in [1.807, 2.05) is 0 Å². The van der Waals surface area contributed by atoms with E-state index in [2.05, 4.69) is 196 Å². The van der Waals surface area contributed by atoms with Crippen molar-refractivity contribution in [2.24, 2.45) is 0 Å². The molecule has 6 rings (SSSR count). The van der Waals surface area contributed by atoms with Crippen LogP contribution < -0.4 is 10.6 Å². The van der Waals surface area contributed by atoms with Gasteiger partial charge in [0.05, 0.1) is 22.8 Å². The summed E-state index contributed by atoms with van der Waals surface area (Å²) in [5, 5.41) is 7.97. The van der Waals surface area contributed by atoms with Crippen molar-refractivity contribution >= 4 is 44.4 Å². The maximum Gasteiger partial charge on any atom is 0.0693 e. The number of nitrogens with one attached hydrogen (secondary N) is 4. The fraction of sp³-hybridized carbons (Fsp3) is 0.798. The zero-order valence-electron chi connectivity index (χ0n) is 77.1. The number of allylic oxidation sites excluding steroid dienone is 4. The van der Waals surface area contributed by atoms with Crippen molar-refractivity contribution in [2.75, 3.05) is 174 Å². The lowest BCUT2D eigenvalue weighted by Crippen LogP contribution is -2.38. The summed E-state index contributed by atoms with van der Waals surface area (Å²) < 4.78 is 0. The van der Waals surface area contributed by atoms with Crippen LogP contribution >= 0.6 is 0 Å². The summed E-state index contributed by atoms with van der Waals surface area (Å²) >= 11 is 0. The minimum absolute atomic E-state index is 0.661. The van der Waals surface area contributed by atoms with Gasteiger partial charge in [0.2, 0.25) is 0 Å². The number of hydrogen-bond donors (Lipinski definition) is 4. The molecule has 0 saturated carbocycles. The molecule has 3 aliphatic heterocycles. The first-order valence-corrected chi connectivity index (χ1v) is 48.1. The predicted molar refractivity (Wildman–Crippen MR) is 498 cm³/mol. The highest BCUT2D eigenvalue weighted by Crippen LogP contribution is 2.37. The van der Waals surface area contributed by atoms with Crippen LogP contribution in [0.2, 0.25) is 0 Å². The number of H-pyrrole nitrogens is 2. The molecule has 3 aliphatic rings. The van der Waals surface area contributed by atoms with Crippen LogP contribution in [0.5, 0.6) is 0 Å². The van der Waals surface area contributed by atoms with Gasteiger partial charge in [-0.05, 0) is 399 Å². The number of nitrogens with zero attached hydrogens (tertiary/aromatic N) is 10. The lowest BCUT2D eigenvalue weighted by atomic mass is 10.00. The Hall–Kier alpha value is -3.80. The number of aromatic amines is 2. The van der Waals surface area contributed by atoms with E-state index in [-0.39, 0.29) is 0 Å². The van der Waals surface area contributed by atoms with Crippen LogP contribution in [0.3, 0.4) is 0 Å². The molecule has 646 valence electrons. The first-order valence-electron chi connectivity index (χ1n) is 48.1. The van der Waals surface area contributed by atoms with Gasteiger partial charge >= 0.3 is 0 Å². The molecule has 2 atom stereocenters. The standard InChI is InChI=1S/C99H180N14/c1-17-22-24-26-28-30-32-34-36-38-40-53-86(110(15)63-19-3)57-76-112(74-51-69-108(13)65-43-42-64-106(10)11)72-48-61-100-59-46-55-90-84(8)93-78-92-82(6)88(20-4)96(102-92)79-94-83(7)89(21-5)97(103-94)80-95-85(9)91(99(105-95)81-98(90)104-93)56-47-60-101-62-49-73-113-75-52-70-109(14)67-45-44-66-107(12)68-50-71-111(16)87(58-77-113)54-41-39-37-35-33-31-29-27-25-23-18-2/h78-81,86-87,100-102,105H,17-77H2,1-16H3. The Kier molecular flexibility index (Phi) is 51.2. The van der Waals surface area contributed by atoms with Crippen molar-refractivity contribution in [3.8, 4) is 0 Å². The highest BCUT2D eigenvalue weighted by molar-refractivity contribution is 5.95. The van der Waals surface area contributed by atoms with Gasteiger partial charge in [0, 0.05) is 34.2 Å². The van der Waals surface area contributed by atoms with Crippen LogP contribution in [0, 0.1) is 13.8 Å². The number of hydrogen-bond acceptors (Lipinski definition) is 12. The van der Waals surface area contributed by atoms with Crippen molar-refractivity contribution in [1.82, 2.24) is 69.8 Å². The largest absolute Gasteiger partial charge is 0.355 e. The number of rotatable bonds is 57. The van der Waals surface area contributed by atoms with Gasteiger partial charge in [0.25, 0.3) is 0 Å². The molecule has 113 heavy (non-hydrogen) atoms. The van der Waals surface area contributed by atoms with Gasteiger partial charge < -0.3 is 59.8 Å². The fourth-order valence-electron chi connectivity index (χ4n) is 18.6. The van der Waals surface area contributed by atoms with Crippen LogP contribution in [-0.2, 0) is 12.8 Å². The van der Waals surface area contributed by atoms with E-state index in [4.69, 9.17) is 9.97 Å². The molecule has 8 bridgehead atoms. The van der Waals surface area contributed by atoms with Crippen LogP contribution in [0.1, 0.15) is 350 Å². The lowest BCUT2D eigenvalue weighted by molar-refractivity contribution is 0.170. The summed E-state index contributed by atoms with van der Waals surface area (Å²) in [7, 11) is 16.3. The number of aryl methyl sites for hydroxylation is 4. The van der Waals surface area contributed by atoms with Gasteiger partial charge in [-0.3, -0.25) is 0 Å². The normalized spacial score (nSPS) is 16.4. The highest BCUT2D eigenvalue weighted by Gasteiger charge is 2.24. The topological polar surface area (TPSA) is 107 Å². The van der Waals surface area contributed by atoms with Gasteiger partial charge in [-0.25, -0.2) is 9.97 Å². The smallest absolute Gasteiger partial charge is 0.0693 e. The summed E-state index contributed by atoms with van der Waals surface area (Å²) in [4.78, 5) is 40.4. The summed E-state index contributed by atoms with van der Waals surface area (Å²) in [6.07, 6.45) is 54.8. The molecular formula is C99H180N14.